The van der Waals surface area contributed by atoms with E-state index in [2.05, 4.69) is 10.1 Å². The van der Waals surface area contributed by atoms with E-state index in [0.717, 1.165) is 0 Å². The Morgan fingerprint density at radius 1 is 1.42 bits per heavy atom. The van der Waals surface area contributed by atoms with Crippen LogP contribution in [0.3, 0.4) is 0 Å². The monoisotopic (exact) mass is 165 g/mol. The van der Waals surface area contributed by atoms with Crippen molar-refractivity contribution in [2.75, 3.05) is 6.61 Å². The molecule has 0 aliphatic carbocycles. The SMILES string of the molecule is O=C1NC(=C2C=CC=CO2)CO1. The van der Waals surface area contributed by atoms with Gasteiger partial charge in [0.15, 0.2) is 0 Å². The van der Waals surface area contributed by atoms with E-state index in [1.807, 2.05) is 6.08 Å². The lowest BCUT2D eigenvalue weighted by Crippen LogP contribution is -2.13. The van der Waals surface area contributed by atoms with Gasteiger partial charge >= 0.3 is 6.09 Å². The van der Waals surface area contributed by atoms with Crippen LogP contribution in [0.15, 0.2) is 35.9 Å². The van der Waals surface area contributed by atoms with Gasteiger partial charge < -0.3 is 9.47 Å². The molecule has 2 aliphatic rings. The number of ether oxygens (including phenoxy) is 2. The van der Waals surface area contributed by atoms with E-state index in [1.165, 1.54) is 0 Å². The lowest BCUT2D eigenvalue weighted by Gasteiger charge is -2.05. The second-order valence-corrected chi connectivity index (χ2v) is 2.35. The predicted octanol–water partition coefficient (Wildman–Crippen LogP) is 1.04. The minimum atomic E-state index is -0.427. The summed E-state index contributed by atoms with van der Waals surface area (Å²) >= 11 is 0. The number of hydrogen-bond donors (Lipinski definition) is 1. The second kappa shape index (κ2) is 2.73. The molecule has 0 aromatic heterocycles. The fourth-order valence-corrected chi connectivity index (χ4v) is 0.978. The largest absolute Gasteiger partial charge is 0.463 e. The molecule has 0 spiro atoms. The third-order valence-electron chi connectivity index (χ3n) is 1.53. The normalized spacial score (nSPS) is 26.5. The van der Waals surface area contributed by atoms with E-state index in [0.29, 0.717) is 11.5 Å². The summed E-state index contributed by atoms with van der Waals surface area (Å²) in [4.78, 5) is 10.6. The van der Waals surface area contributed by atoms with Crippen molar-refractivity contribution in [3.63, 3.8) is 0 Å². The second-order valence-electron chi connectivity index (χ2n) is 2.35. The van der Waals surface area contributed by atoms with Crippen molar-refractivity contribution < 1.29 is 14.3 Å². The van der Waals surface area contributed by atoms with Crippen LogP contribution >= 0.6 is 0 Å². The highest BCUT2D eigenvalue weighted by Gasteiger charge is 2.19. The summed E-state index contributed by atoms with van der Waals surface area (Å²) in [6.45, 7) is 0.256. The van der Waals surface area contributed by atoms with Gasteiger partial charge in [-0.2, -0.15) is 0 Å². The molecular weight excluding hydrogens is 158 g/mol. The fourth-order valence-electron chi connectivity index (χ4n) is 0.978. The van der Waals surface area contributed by atoms with Crippen LogP contribution in [-0.4, -0.2) is 12.7 Å². The predicted molar refractivity (Wildman–Crippen MR) is 40.9 cm³/mol. The zero-order valence-corrected chi connectivity index (χ0v) is 6.24. The number of allylic oxidation sites excluding steroid dienone is 3. The van der Waals surface area contributed by atoms with Crippen LogP contribution in [0, 0.1) is 0 Å². The number of carbonyl (C=O) groups excluding carboxylic acids is 1. The topological polar surface area (TPSA) is 47.6 Å². The Morgan fingerprint density at radius 3 is 2.92 bits per heavy atom. The number of hydrogen-bond acceptors (Lipinski definition) is 3. The van der Waals surface area contributed by atoms with Gasteiger partial charge in [0, 0.05) is 0 Å². The number of nitrogens with one attached hydrogen (secondary N) is 1. The first-order chi connectivity index (χ1) is 5.86. The molecule has 2 rings (SSSR count). The van der Waals surface area contributed by atoms with E-state index < -0.39 is 6.09 Å². The molecule has 0 aromatic rings. The zero-order valence-electron chi connectivity index (χ0n) is 6.24. The molecule has 1 N–H and O–H groups in total. The highest BCUT2D eigenvalue weighted by atomic mass is 16.6. The summed E-state index contributed by atoms with van der Waals surface area (Å²) in [6.07, 6.45) is 6.49. The maximum atomic E-state index is 10.6. The Morgan fingerprint density at radius 2 is 2.33 bits per heavy atom. The molecule has 2 heterocycles. The molecule has 0 aromatic carbocycles. The molecule has 1 saturated heterocycles. The highest BCUT2D eigenvalue weighted by molar-refractivity contribution is 5.72. The highest BCUT2D eigenvalue weighted by Crippen LogP contribution is 2.14. The molecule has 1 fully saturated rings. The minimum Gasteiger partial charge on any atom is -0.463 e. The Labute approximate surface area is 69.2 Å². The summed E-state index contributed by atoms with van der Waals surface area (Å²) < 4.78 is 9.80. The average molecular weight is 165 g/mol. The Hall–Kier alpha value is -1.71. The quantitative estimate of drug-likeness (QED) is 0.583. The summed E-state index contributed by atoms with van der Waals surface area (Å²) in [5.41, 5.74) is 0.667. The average Bonchev–Trinajstić information content (AvgIpc) is 2.54. The van der Waals surface area contributed by atoms with Crippen molar-refractivity contribution in [3.8, 4) is 0 Å². The summed E-state index contributed by atoms with van der Waals surface area (Å²) in [5, 5.41) is 2.53. The van der Waals surface area contributed by atoms with E-state index in [-0.39, 0.29) is 6.61 Å². The molecule has 2 aliphatic heterocycles. The maximum absolute atomic E-state index is 10.6. The van der Waals surface area contributed by atoms with Gasteiger partial charge in [-0.05, 0) is 12.2 Å². The molecule has 12 heavy (non-hydrogen) atoms. The van der Waals surface area contributed by atoms with E-state index in [9.17, 15) is 4.79 Å². The van der Waals surface area contributed by atoms with Gasteiger partial charge in [-0.3, -0.25) is 5.32 Å². The van der Waals surface area contributed by atoms with E-state index >= 15 is 0 Å². The molecule has 0 bridgehead atoms. The first-order valence-corrected chi connectivity index (χ1v) is 3.53. The molecular formula is C8H7NO3. The van der Waals surface area contributed by atoms with Gasteiger partial charge in [0.2, 0.25) is 0 Å². The van der Waals surface area contributed by atoms with Gasteiger partial charge in [-0.25, -0.2) is 4.79 Å². The number of cyclic esters (lactones) is 1. The van der Waals surface area contributed by atoms with Gasteiger partial charge in [0.05, 0.1) is 6.26 Å². The van der Waals surface area contributed by atoms with Gasteiger partial charge in [-0.1, -0.05) is 6.08 Å². The van der Waals surface area contributed by atoms with E-state index in [1.54, 1.807) is 18.4 Å². The number of carbonyl (C=O) groups is 1. The van der Waals surface area contributed by atoms with Crippen LogP contribution in [-0.2, 0) is 9.47 Å². The standard InChI is InChI=1S/C8H7NO3/c10-8-9-6(5-12-8)7-3-1-2-4-11-7/h1-4H,5H2,(H,9,10). The molecule has 0 unspecified atom stereocenters. The van der Waals surface area contributed by atoms with Crippen LogP contribution < -0.4 is 5.32 Å². The molecule has 4 nitrogen and oxygen atoms in total. The third kappa shape index (κ3) is 1.18. The number of alkyl carbamates (subject to hydrolysis) is 1. The molecule has 0 radical (unpaired) electrons. The minimum absolute atomic E-state index is 0.256. The Balaban J connectivity index is 2.20. The van der Waals surface area contributed by atoms with Gasteiger partial charge in [0.1, 0.15) is 18.1 Å². The number of amides is 1. The molecule has 1 amide bonds. The van der Waals surface area contributed by atoms with Crippen molar-refractivity contribution in [3.05, 3.63) is 35.9 Å². The van der Waals surface area contributed by atoms with Gasteiger partial charge in [0.25, 0.3) is 0 Å². The Kier molecular flexibility index (Phi) is 1.59. The van der Waals surface area contributed by atoms with E-state index in [4.69, 9.17) is 4.74 Å². The maximum Gasteiger partial charge on any atom is 0.411 e. The smallest absolute Gasteiger partial charge is 0.411 e. The fraction of sp³-hybridized carbons (Fsp3) is 0.125. The Bertz CT molecular complexity index is 301. The summed E-state index contributed by atoms with van der Waals surface area (Å²) in [7, 11) is 0. The summed E-state index contributed by atoms with van der Waals surface area (Å²) in [6, 6.07) is 0. The molecule has 62 valence electrons. The third-order valence-corrected chi connectivity index (χ3v) is 1.53. The first-order valence-electron chi connectivity index (χ1n) is 3.53. The molecule has 0 atom stereocenters. The first kappa shape index (κ1) is 6.97. The lowest BCUT2D eigenvalue weighted by atomic mass is 10.3. The van der Waals surface area contributed by atoms with Crippen molar-refractivity contribution in [1.29, 1.82) is 0 Å². The van der Waals surface area contributed by atoms with Crippen LogP contribution in [0.1, 0.15) is 0 Å². The molecule has 0 saturated carbocycles. The van der Waals surface area contributed by atoms with Crippen molar-refractivity contribution >= 4 is 6.09 Å². The van der Waals surface area contributed by atoms with Crippen LogP contribution in [0.2, 0.25) is 0 Å². The van der Waals surface area contributed by atoms with Crippen molar-refractivity contribution in [2.24, 2.45) is 0 Å². The van der Waals surface area contributed by atoms with Crippen LogP contribution in [0.4, 0.5) is 4.79 Å². The number of rotatable bonds is 0. The summed E-state index contributed by atoms with van der Waals surface area (Å²) in [5.74, 6) is 0.628. The van der Waals surface area contributed by atoms with Crippen molar-refractivity contribution in [1.82, 2.24) is 5.32 Å². The van der Waals surface area contributed by atoms with Crippen LogP contribution in [0.5, 0.6) is 0 Å². The molecule has 4 heteroatoms. The van der Waals surface area contributed by atoms with Crippen molar-refractivity contribution in [2.45, 2.75) is 0 Å². The lowest BCUT2D eigenvalue weighted by molar-refractivity contribution is 0.179. The van der Waals surface area contributed by atoms with Crippen LogP contribution in [0.25, 0.3) is 0 Å². The zero-order chi connectivity index (χ0) is 8.39. The van der Waals surface area contributed by atoms with Gasteiger partial charge in [-0.15, -0.1) is 0 Å².